The molecule has 6 rings (SSSR count). The van der Waals surface area contributed by atoms with E-state index in [1.54, 1.807) is 0 Å². The second kappa shape index (κ2) is 7.17. The van der Waals surface area contributed by atoms with Gasteiger partial charge in [0.15, 0.2) is 0 Å². The molecule has 4 aromatic rings. The third kappa shape index (κ3) is 3.27. The number of hydrogen-bond acceptors (Lipinski definition) is 5. The van der Waals surface area contributed by atoms with Crippen LogP contribution in [0.5, 0.6) is 0 Å². The Bertz CT molecular complexity index is 1300. The predicted octanol–water partition coefficient (Wildman–Crippen LogP) is 5.26. The minimum Gasteiger partial charge on any atom is -0.425 e. The van der Waals surface area contributed by atoms with Gasteiger partial charge in [0.05, 0.1) is 5.69 Å². The fourth-order valence-corrected chi connectivity index (χ4v) is 4.37. The molecule has 0 spiro atoms. The zero-order chi connectivity index (χ0) is 20.9. The summed E-state index contributed by atoms with van der Waals surface area (Å²) in [6.07, 6.45) is 5.09. The van der Waals surface area contributed by atoms with Gasteiger partial charge in [-0.25, -0.2) is 0 Å². The largest absolute Gasteiger partial charge is 0.425 e. The molecule has 1 aliphatic heterocycles. The number of fused-ring (bicyclic) bond motifs is 3. The number of aromatic nitrogens is 5. The molecule has 0 bridgehead atoms. The molecule has 0 amide bonds. The normalized spacial score (nSPS) is 17.6. The van der Waals surface area contributed by atoms with E-state index in [-0.39, 0.29) is 5.92 Å². The van der Waals surface area contributed by atoms with Crippen LogP contribution in [0.4, 0.5) is 0 Å². The minimum absolute atomic E-state index is 0.0632. The van der Waals surface area contributed by atoms with Gasteiger partial charge in [0.1, 0.15) is 11.6 Å². The SMILES string of the molecule is Cc1nnc2n1-c1ccccc1C(c1ccc(Cl)cc1)=CC2Cc1nnc(C2CC2)o1. The van der Waals surface area contributed by atoms with E-state index in [1.807, 2.05) is 25.1 Å². The average Bonchev–Trinajstić information content (AvgIpc) is 3.44. The summed E-state index contributed by atoms with van der Waals surface area (Å²) in [5, 5.41) is 18.2. The monoisotopic (exact) mass is 429 g/mol. The summed E-state index contributed by atoms with van der Waals surface area (Å²) in [5.74, 6) is 3.49. The standard InChI is InChI=1S/C24H20ClN5O/c1-14-26-28-23-17(13-22-27-29-24(31-22)16-6-7-16)12-20(15-8-10-18(25)11-9-15)19-4-2-3-5-21(19)30(14)23/h2-5,8-12,16-17H,6-7,13H2,1H3. The van der Waals surface area contributed by atoms with Crippen LogP contribution in [-0.4, -0.2) is 25.0 Å². The van der Waals surface area contributed by atoms with Gasteiger partial charge in [0.2, 0.25) is 11.8 Å². The van der Waals surface area contributed by atoms with Crippen molar-refractivity contribution in [1.82, 2.24) is 25.0 Å². The molecule has 2 aromatic heterocycles. The third-order valence-corrected chi connectivity index (χ3v) is 6.20. The summed E-state index contributed by atoms with van der Waals surface area (Å²) in [6.45, 7) is 1.98. The first-order valence-corrected chi connectivity index (χ1v) is 10.9. The fraction of sp³-hybridized carbons (Fsp3) is 0.250. The second-order valence-corrected chi connectivity index (χ2v) is 8.60. The number of rotatable bonds is 4. The molecule has 1 unspecified atom stereocenters. The summed E-state index contributed by atoms with van der Waals surface area (Å²) in [4.78, 5) is 0. The van der Waals surface area contributed by atoms with Gasteiger partial charge in [-0.1, -0.05) is 48.0 Å². The van der Waals surface area contributed by atoms with Crippen LogP contribution in [0.15, 0.2) is 59.0 Å². The van der Waals surface area contributed by atoms with Crippen molar-refractivity contribution < 1.29 is 4.42 Å². The lowest BCUT2D eigenvalue weighted by atomic mass is 9.93. The van der Waals surface area contributed by atoms with E-state index in [0.29, 0.717) is 23.3 Å². The number of allylic oxidation sites excluding steroid dienone is 1. The van der Waals surface area contributed by atoms with Crippen molar-refractivity contribution in [1.29, 1.82) is 0 Å². The van der Waals surface area contributed by atoms with E-state index in [4.69, 9.17) is 16.0 Å². The van der Waals surface area contributed by atoms with Crippen LogP contribution in [0.1, 0.15) is 59.2 Å². The number of para-hydroxylation sites is 1. The van der Waals surface area contributed by atoms with Crippen LogP contribution < -0.4 is 0 Å². The molecule has 0 N–H and O–H groups in total. The van der Waals surface area contributed by atoms with Gasteiger partial charge in [0.25, 0.3) is 0 Å². The van der Waals surface area contributed by atoms with Crippen molar-refractivity contribution in [2.75, 3.05) is 0 Å². The van der Waals surface area contributed by atoms with E-state index in [1.165, 1.54) is 0 Å². The Balaban J connectivity index is 1.51. The Morgan fingerprint density at radius 2 is 1.81 bits per heavy atom. The summed E-state index contributed by atoms with van der Waals surface area (Å²) in [7, 11) is 0. The van der Waals surface area contributed by atoms with Gasteiger partial charge in [-0.15, -0.1) is 20.4 Å². The molecule has 2 aliphatic rings. The number of nitrogens with zero attached hydrogens (tertiary/aromatic N) is 5. The van der Waals surface area contributed by atoms with Crippen LogP contribution in [0.2, 0.25) is 5.02 Å². The summed E-state index contributed by atoms with van der Waals surface area (Å²) >= 11 is 6.16. The minimum atomic E-state index is -0.0632. The summed E-state index contributed by atoms with van der Waals surface area (Å²) in [6, 6.07) is 16.3. The highest BCUT2D eigenvalue weighted by Crippen LogP contribution is 2.41. The molecule has 2 aromatic carbocycles. The van der Waals surface area contributed by atoms with Crippen LogP contribution in [0, 0.1) is 6.92 Å². The third-order valence-electron chi connectivity index (χ3n) is 5.94. The van der Waals surface area contributed by atoms with Crippen molar-refractivity contribution in [2.24, 2.45) is 0 Å². The van der Waals surface area contributed by atoms with Gasteiger partial charge in [-0.05, 0) is 49.1 Å². The maximum absolute atomic E-state index is 6.16. The molecule has 3 heterocycles. The molecule has 31 heavy (non-hydrogen) atoms. The molecule has 1 fully saturated rings. The van der Waals surface area contributed by atoms with Gasteiger partial charge in [-0.3, -0.25) is 4.57 Å². The lowest BCUT2D eigenvalue weighted by Gasteiger charge is -2.13. The first-order chi connectivity index (χ1) is 15.2. The lowest BCUT2D eigenvalue weighted by Crippen LogP contribution is -2.09. The lowest BCUT2D eigenvalue weighted by molar-refractivity contribution is 0.441. The van der Waals surface area contributed by atoms with Crippen molar-refractivity contribution in [3.63, 3.8) is 0 Å². The maximum Gasteiger partial charge on any atom is 0.219 e. The molecule has 0 radical (unpaired) electrons. The Kier molecular flexibility index (Phi) is 4.28. The van der Waals surface area contributed by atoms with Crippen molar-refractivity contribution >= 4 is 17.2 Å². The molecule has 1 saturated carbocycles. The van der Waals surface area contributed by atoms with Crippen molar-refractivity contribution in [3.8, 4) is 5.69 Å². The predicted molar refractivity (Wildman–Crippen MR) is 117 cm³/mol. The van der Waals surface area contributed by atoms with Gasteiger partial charge in [-0.2, -0.15) is 0 Å². The van der Waals surface area contributed by atoms with Crippen molar-refractivity contribution in [3.05, 3.63) is 94.2 Å². The molecule has 1 atom stereocenters. The number of hydrogen-bond donors (Lipinski definition) is 0. The van der Waals surface area contributed by atoms with Gasteiger partial charge < -0.3 is 4.42 Å². The zero-order valence-electron chi connectivity index (χ0n) is 17.0. The summed E-state index contributed by atoms with van der Waals surface area (Å²) in [5.41, 5.74) is 4.42. The van der Waals surface area contributed by atoms with E-state index in [9.17, 15) is 0 Å². The van der Waals surface area contributed by atoms with Crippen LogP contribution in [0.25, 0.3) is 11.3 Å². The van der Waals surface area contributed by atoms with E-state index in [0.717, 1.165) is 52.8 Å². The first-order valence-electron chi connectivity index (χ1n) is 10.5. The first kappa shape index (κ1) is 18.5. The molecule has 6 nitrogen and oxygen atoms in total. The van der Waals surface area contributed by atoms with Crippen LogP contribution in [0.3, 0.4) is 0 Å². The summed E-state index contributed by atoms with van der Waals surface area (Å²) < 4.78 is 8.12. The quantitative estimate of drug-likeness (QED) is 0.442. The van der Waals surface area contributed by atoms with Gasteiger partial charge in [0, 0.05) is 28.8 Å². The van der Waals surface area contributed by atoms with Gasteiger partial charge >= 0.3 is 0 Å². The van der Waals surface area contributed by atoms with Crippen LogP contribution >= 0.6 is 11.6 Å². The highest BCUT2D eigenvalue weighted by molar-refractivity contribution is 6.30. The number of aryl methyl sites for hydroxylation is 1. The topological polar surface area (TPSA) is 69.6 Å². The molecular weight excluding hydrogens is 410 g/mol. The Labute approximate surface area is 184 Å². The average molecular weight is 430 g/mol. The van der Waals surface area contributed by atoms with Crippen LogP contribution in [-0.2, 0) is 6.42 Å². The molecule has 1 aliphatic carbocycles. The van der Waals surface area contributed by atoms with E-state index >= 15 is 0 Å². The fourth-order valence-electron chi connectivity index (χ4n) is 4.24. The molecular formula is C24H20ClN5O. The highest BCUT2D eigenvalue weighted by Gasteiger charge is 2.31. The number of benzene rings is 2. The molecule has 7 heteroatoms. The number of halogens is 1. The van der Waals surface area contributed by atoms with E-state index in [2.05, 4.69) is 61.4 Å². The second-order valence-electron chi connectivity index (χ2n) is 8.16. The molecule has 154 valence electrons. The Morgan fingerprint density at radius 1 is 1.00 bits per heavy atom. The Morgan fingerprint density at radius 3 is 2.61 bits per heavy atom. The zero-order valence-corrected chi connectivity index (χ0v) is 17.8. The molecule has 0 saturated heterocycles. The van der Waals surface area contributed by atoms with Crippen molar-refractivity contribution in [2.45, 2.75) is 38.0 Å². The van der Waals surface area contributed by atoms with E-state index < -0.39 is 0 Å². The highest BCUT2D eigenvalue weighted by atomic mass is 35.5. The maximum atomic E-state index is 6.16. The smallest absolute Gasteiger partial charge is 0.219 e. The Hall–Kier alpha value is -3.25.